The summed E-state index contributed by atoms with van der Waals surface area (Å²) >= 11 is 0. The molecule has 1 aliphatic carbocycles. The molecule has 0 saturated heterocycles. The lowest BCUT2D eigenvalue weighted by Gasteiger charge is -2.29. The van der Waals surface area contributed by atoms with Crippen molar-refractivity contribution >= 4 is 23.6 Å². The normalized spacial score (nSPS) is 18.6. The number of nitrogens with zero attached hydrogens (tertiary/aromatic N) is 1. The molecule has 1 aromatic carbocycles. The van der Waals surface area contributed by atoms with Crippen molar-refractivity contribution in [2.24, 2.45) is 5.92 Å². The van der Waals surface area contributed by atoms with Crippen LogP contribution in [0.2, 0.25) is 0 Å². The van der Waals surface area contributed by atoms with E-state index in [0.717, 1.165) is 50.0 Å². The number of halogens is 2. The number of methoxy groups -OCH3 is 1. The van der Waals surface area contributed by atoms with E-state index in [4.69, 9.17) is 9.47 Å². The standard InChI is InChI=1S/C20H24F2N2O7/c1-12-5-3-4-6-14(12)23-18(25)11-30-19(26)8-7-13-9-16(29-2)17(31-20(21)22)10-15(13)24(27)28/h7-10,12,14,20H,3-6,11H2,1-2H3,(H,23,25). The lowest BCUT2D eigenvalue weighted by molar-refractivity contribution is -0.385. The van der Waals surface area contributed by atoms with Gasteiger partial charge >= 0.3 is 12.6 Å². The molecule has 31 heavy (non-hydrogen) atoms. The van der Waals surface area contributed by atoms with Gasteiger partial charge in [0.15, 0.2) is 18.1 Å². The van der Waals surface area contributed by atoms with Gasteiger partial charge in [-0.3, -0.25) is 14.9 Å². The average Bonchev–Trinajstić information content (AvgIpc) is 2.72. The van der Waals surface area contributed by atoms with Crippen molar-refractivity contribution in [3.63, 3.8) is 0 Å². The number of hydrogen-bond donors (Lipinski definition) is 1. The highest BCUT2D eigenvalue weighted by molar-refractivity contribution is 5.90. The summed E-state index contributed by atoms with van der Waals surface area (Å²) in [6.45, 7) is -1.64. The van der Waals surface area contributed by atoms with Crippen LogP contribution in [0, 0.1) is 16.0 Å². The quantitative estimate of drug-likeness (QED) is 0.269. The molecule has 0 bridgehead atoms. The highest BCUT2D eigenvalue weighted by Crippen LogP contribution is 2.36. The molecule has 1 N–H and O–H groups in total. The highest BCUT2D eigenvalue weighted by atomic mass is 19.3. The summed E-state index contributed by atoms with van der Waals surface area (Å²) in [6.07, 6.45) is 6.01. The Kier molecular flexibility index (Phi) is 8.71. The third-order valence-corrected chi connectivity index (χ3v) is 4.93. The fourth-order valence-electron chi connectivity index (χ4n) is 3.33. The summed E-state index contributed by atoms with van der Waals surface area (Å²) in [7, 11) is 1.17. The molecule has 11 heteroatoms. The summed E-state index contributed by atoms with van der Waals surface area (Å²) in [5.41, 5.74) is -0.676. The Hall–Kier alpha value is -3.24. The summed E-state index contributed by atoms with van der Waals surface area (Å²) in [5.74, 6) is -1.67. The first-order chi connectivity index (χ1) is 14.7. The molecule has 0 radical (unpaired) electrons. The second-order valence-electron chi connectivity index (χ2n) is 7.07. The van der Waals surface area contributed by atoms with Gasteiger partial charge in [-0.25, -0.2) is 4.79 Å². The molecule has 170 valence electrons. The predicted octanol–water partition coefficient (Wildman–Crippen LogP) is 3.46. The first-order valence-corrected chi connectivity index (χ1v) is 9.66. The fraction of sp³-hybridized carbons (Fsp3) is 0.500. The number of hydrogen-bond acceptors (Lipinski definition) is 7. The number of benzene rings is 1. The van der Waals surface area contributed by atoms with E-state index in [9.17, 15) is 28.5 Å². The van der Waals surface area contributed by atoms with Crippen LogP contribution < -0.4 is 14.8 Å². The Labute approximate surface area is 177 Å². The third-order valence-electron chi connectivity index (χ3n) is 4.93. The van der Waals surface area contributed by atoms with Gasteiger partial charge < -0.3 is 19.5 Å². The Morgan fingerprint density at radius 3 is 2.61 bits per heavy atom. The molecule has 0 aromatic heterocycles. The molecule has 2 unspecified atom stereocenters. The zero-order valence-electron chi connectivity index (χ0n) is 17.1. The van der Waals surface area contributed by atoms with Gasteiger partial charge in [-0.1, -0.05) is 19.8 Å². The van der Waals surface area contributed by atoms with E-state index in [0.29, 0.717) is 5.92 Å². The maximum atomic E-state index is 12.5. The number of nitro benzene ring substituents is 1. The van der Waals surface area contributed by atoms with E-state index < -0.39 is 41.5 Å². The fourth-order valence-corrected chi connectivity index (χ4v) is 3.33. The Morgan fingerprint density at radius 1 is 1.29 bits per heavy atom. The number of alkyl halides is 2. The number of nitro groups is 1. The zero-order chi connectivity index (χ0) is 23.0. The minimum absolute atomic E-state index is 0.0413. The number of carbonyl (C=O) groups excluding carboxylic acids is 2. The Morgan fingerprint density at radius 2 is 2.00 bits per heavy atom. The molecule has 1 saturated carbocycles. The molecule has 1 fully saturated rings. The van der Waals surface area contributed by atoms with Gasteiger partial charge in [0, 0.05) is 12.1 Å². The first kappa shape index (κ1) is 24.0. The second-order valence-corrected chi connectivity index (χ2v) is 7.07. The summed E-state index contributed by atoms with van der Waals surface area (Å²) in [6, 6.07) is 1.89. The van der Waals surface area contributed by atoms with Crippen molar-refractivity contribution in [3.05, 3.63) is 33.9 Å². The number of amides is 1. The highest BCUT2D eigenvalue weighted by Gasteiger charge is 2.23. The van der Waals surface area contributed by atoms with E-state index in [-0.39, 0.29) is 17.4 Å². The van der Waals surface area contributed by atoms with E-state index in [1.54, 1.807) is 0 Å². The summed E-state index contributed by atoms with van der Waals surface area (Å²) in [4.78, 5) is 34.3. The monoisotopic (exact) mass is 442 g/mol. The maximum Gasteiger partial charge on any atom is 0.387 e. The van der Waals surface area contributed by atoms with Crippen molar-refractivity contribution in [1.29, 1.82) is 0 Å². The van der Waals surface area contributed by atoms with E-state index >= 15 is 0 Å². The van der Waals surface area contributed by atoms with Gasteiger partial charge in [0.1, 0.15) is 0 Å². The lowest BCUT2D eigenvalue weighted by Crippen LogP contribution is -2.42. The molecule has 1 aliphatic rings. The van der Waals surface area contributed by atoms with Crippen LogP contribution in [0.4, 0.5) is 14.5 Å². The van der Waals surface area contributed by atoms with Crippen LogP contribution in [-0.4, -0.2) is 43.2 Å². The molecule has 0 spiro atoms. The van der Waals surface area contributed by atoms with Crippen LogP contribution in [0.25, 0.3) is 6.08 Å². The number of ether oxygens (including phenoxy) is 3. The zero-order valence-corrected chi connectivity index (χ0v) is 17.1. The number of esters is 1. The van der Waals surface area contributed by atoms with Gasteiger partial charge in [0.05, 0.1) is 23.7 Å². The topological polar surface area (TPSA) is 117 Å². The third kappa shape index (κ3) is 7.19. The smallest absolute Gasteiger partial charge is 0.387 e. The van der Waals surface area contributed by atoms with Crippen molar-refractivity contribution < 1.29 is 37.5 Å². The molecular weight excluding hydrogens is 418 g/mol. The lowest BCUT2D eigenvalue weighted by atomic mass is 9.86. The van der Waals surface area contributed by atoms with Gasteiger partial charge in [0.2, 0.25) is 0 Å². The van der Waals surface area contributed by atoms with E-state index in [2.05, 4.69) is 17.0 Å². The molecule has 1 amide bonds. The largest absolute Gasteiger partial charge is 0.493 e. The Balaban J connectivity index is 2.02. The van der Waals surface area contributed by atoms with Crippen molar-refractivity contribution in [3.8, 4) is 11.5 Å². The maximum absolute atomic E-state index is 12.5. The van der Waals surface area contributed by atoms with Crippen LogP contribution >= 0.6 is 0 Å². The van der Waals surface area contributed by atoms with E-state index in [1.165, 1.54) is 7.11 Å². The second kappa shape index (κ2) is 11.2. The van der Waals surface area contributed by atoms with Crippen molar-refractivity contribution in [1.82, 2.24) is 5.32 Å². The molecular formula is C20H24F2N2O7. The molecule has 9 nitrogen and oxygen atoms in total. The van der Waals surface area contributed by atoms with Crippen molar-refractivity contribution in [2.45, 2.75) is 45.3 Å². The number of rotatable bonds is 9. The summed E-state index contributed by atoms with van der Waals surface area (Å²) in [5, 5.41) is 14.1. The van der Waals surface area contributed by atoms with E-state index in [1.807, 2.05) is 0 Å². The van der Waals surface area contributed by atoms with Gasteiger partial charge in [0.25, 0.3) is 11.6 Å². The van der Waals surface area contributed by atoms with Crippen LogP contribution in [-0.2, 0) is 14.3 Å². The van der Waals surface area contributed by atoms with Gasteiger partial charge in [-0.15, -0.1) is 0 Å². The predicted molar refractivity (Wildman–Crippen MR) is 106 cm³/mol. The average molecular weight is 442 g/mol. The minimum atomic E-state index is -3.20. The van der Waals surface area contributed by atoms with Crippen molar-refractivity contribution in [2.75, 3.05) is 13.7 Å². The first-order valence-electron chi connectivity index (χ1n) is 9.66. The molecule has 2 atom stereocenters. The molecule has 1 aromatic rings. The van der Waals surface area contributed by atoms with Crippen LogP contribution in [0.15, 0.2) is 18.2 Å². The Bertz CT molecular complexity index is 845. The van der Waals surface area contributed by atoms with Crippen LogP contribution in [0.5, 0.6) is 11.5 Å². The van der Waals surface area contributed by atoms with Crippen LogP contribution in [0.3, 0.4) is 0 Å². The summed E-state index contributed by atoms with van der Waals surface area (Å²) < 4.78 is 39.0. The number of carbonyl (C=O) groups is 2. The number of nitrogens with one attached hydrogen (secondary N) is 1. The minimum Gasteiger partial charge on any atom is -0.493 e. The van der Waals surface area contributed by atoms with Gasteiger partial charge in [-0.2, -0.15) is 8.78 Å². The molecule has 2 rings (SSSR count). The van der Waals surface area contributed by atoms with Crippen LogP contribution in [0.1, 0.15) is 38.2 Å². The van der Waals surface area contributed by atoms with Gasteiger partial charge in [-0.05, 0) is 30.9 Å². The molecule has 0 heterocycles. The SMILES string of the molecule is COc1cc(C=CC(=O)OCC(=O)NC2CCCCC2C)c([N+](=O)[O-])cc1OC(F)F. The molecule has 0 aliphatic heterocycles.